The molecule has 3 rings (SSSR count). The standard InChI is InChI=1S/C21H33N5O/c1-2-25-14-6-7-19(25)16-24-21(22)23-15-17-8-10-18(11-9-17)20(27)26-12-4-3-5-13-26/h8-11,19H,2-7,12-16H2,1H3,(H3,22,23,24). The summed E-state index contributed by atoms with van der Waals surface area (Å²) in [6, 6.07) is 8.32. The molecule has 0 radical (unpaired) electrons. The number of carbonyl (C=O) groups is 1. The van der Waals surface area contributed by atoms with Gasteiger partial charge in [-0.3, -0.25) is 9.69 Å². The first-order valence-electron chi connectivity index (χ1n) is 10.3. The van der Waals surface area contributed by atoms with E-state index in [1.807, 2.05) is 29.2 Å². The average Bonchev–Trinajstić information content (AvgIpc) is 3.19. The maximum Gasteiger partial charge on any atom is 0.253 e. The van der Waals surface area contributed by atoms with E-state index in [1.54, 1.807) is 0 Å². The van der Waals surface area contributed by atoms with Crippen LogP contribution in [0.5, 0.6) is 0 Å². The summed E-state index contributed by atoms with van der Waals surface area (Å²) in [5, 5.41) is 3.26. The fourth-order valence-corrected chi connectivity index (χ4v) is 4.03. The van der Waals surface area contributed by atoms with Gasteiger partial charge < -0.3 is 16.0 Å². The first-order valence-corrected chi connectivity index (χ1v) is 10.3. The van der Waals surface area contributed by atoms with Gasteiger partial charge >= 0.3 is 0 Å². The van der Waals surface area contributed by atoms with Gasteiger partial charge in [-0.05, 0) is 62.9 Å². The maximum absolute atomic E-state index is 12.5. The number of hydrogen-bond donors (Lipinski definition) is 2. The third-order valence-electron chi connectivity index (χ3n) is 5.70. The number of likely N-dealkylation sites (N-methyl/N-ethyl adjacent to an activating group) is 1. The lowest BCUT2D eigenvalue weighted by molar-refractivity contribution is 0.0724. The van der Waals surface area contributed by atoms with Gasteiger partial charge in [0.05, 0.1) is 6.54 Å². The lowest BCUT2D eigenvalue weighted by Gasteiger charge is -2.26. The van der Waals surface area contributed by atoms with Crippen LogP contribution in [0.1, 0.15) is 54.9 Å². The van der Waals surface area contributed by atoms with Crippen molar-refractivity contribution in [1.82, 2.24) is 15.1 Å². The van der Waals surface area contributed by atoms with E-state index in [0.29, 0.717) is 18.5 Å². The van der Waals surface area contributed by atoms with Crippen LogP contribution in [0.3, 0.4) is 0 Å². The van der Waals surface area contributed by atoms with Crippen molar-refractivity contribution in [2.45, 2.75) is 51.6 Å². The number of nitrogens with one attached hydrogen (secondary N) is 1. The van der Waals surface area contributed by atoms with Crippen molar-refractivity contribution < 1.29 is 4.79 Å². The van der Waals surface area contributed by atoms with Crippen LogP contribution in [0.4, 0.5) is 0 Å². The zero-order valence-corrected chi connectivity index (χ0v) is 16.5. The van der Waals surface area contributed by atoms with Crippen molar-refractivity contribution in [3.8, 4) is 0 Å². The van der Waals surface area contributed by atoms with E-state index in [2.05, 4.69) is 22.1 Å². The van der Waals surface area contributed by atoms with Gasteiger partial charge in [0.2, 0.25) is 0 Å². The second-order valence-electron chi connectivity index (χ2n) is 7.56. The van der Waals surface area contributed by atoms with Crippen molar-refractivity contribution >= 4 is 11.9 Å². The van der Waals surface area contributed by atoms with E-state index in [1.165, 1.54) is 25.8 Å². The fraction of sp³-hybridized carbons (Fsp3) is 0.619. The number of likely N-dealkylation sites (tertiary alicyclic amines) is 2. The lowest BCUT2D eigenvalue weighted by Crippen LogP contribution is -2.42. The first kappa shape index (κ1) is 19.7. The van der Waals surface area contributed by atoms with Gasteiger partial charge in [0.1, 0.15) is 0 Å². The van der Waals surface area contributed by atoms with Gasteiger partial charge in [0, 0.05) is 31.2 Å². The Morgan fingerprint density at radius 1 is 1.15 bits per heavy atom. The SMILES string of the molecule is CCN1CCCC1CNC(N)=NCc1ccc(C(=O)N2CCCCC2)cc1. The van der Waals surface area contributed by atoms with Crippen LogP contribution in [0, 0.1) is 0 Å². The van der Waals surface area contributed by atoms with Crippen molar-refractivity contribution in [3.63, 3.8) is 0 Å². The Hall–Kier alpha value is -2.08. The minimum atomic E-state index is 0.142. The van der Waals surface area contributed by atoms with E-state index in [4.69, 9.17) is 5.73 Å². The third kappa shape index (κ3) is 5.45. The zero-order chi connectivity index (χ0) is 19.1. The number of hydrogen-bond acceptors (Lipinski definition) is 3. The predicted octanol–water partition coefficient (Wildman–Crippen LogP) is 2.20. The van der Waals surface area contributed by atoms with Crippen LogP contribution < -0.4 is 11.1 Å². The number of nitrogens with zero attached hydrogens (tertiary/aromatic N) is 3. The Kier molecular flexibility index (Phi) is 7.10. The average molecular weight is 372 g/mol. The molecule has 2 aliphatic heterocycles. The second kappa shape index (κ2) is 9.74. The molecule has 148 valence electrons. The van der Waals surface area contributed by atoms with Crippen LogP contribution in [0.25, 0.3) is 0 Å². The van der Waals surface area contributed by atoms with E-state index < -0.39 is 0 Å². The first-order chi connectivity index (χ1) is 13.2. The molecule has 27 heavy (non-hydrogen) atoms. The Balaban J connectivity index is 1.47. The molecule has 2 saturated heterocycles. The minimum Gasteiger partial charge on any atom is -0.370 e. The summed E-state index contributed by atoms with van der Waals surface area (Å²) in [5.41, 5.74) is 7.84. The number of benzene rings is 1. The maximum atomic E-state index is 12.5. The summed E-state index contributed by atoms with van der Waals surface area (Å²) < 4.78 is 0. The van der Waals surface area contributed by atoms with Gasteiger partial charge in [-0.2, -0.15) is 0 Å². The molecule has 0 aliphatic carbocycles. The van der Waals surface area contributed by atoms with Gasteiger partial charge in [0.15, 0.2) is 5.96 Å². The predicted molar refractivity (Wildman–Crippen MR) is 110 cm³/mol. The Morgan fingerprint density at radius 2 is 1.89 bits per heavy atom. The summed E-state index contributed by atoms with van der Waals surface area (Å²) in [6.45, 7) is 7.61. The van der Waals surface area contributed by atoms with E-state index >= 15 is 0 Å². The molecule has 2 fully saturated rings. The van der Waals surface area contributed by atoms with Crippen LogP contribution in [-0.4, -0.2) is 60.4 Å². The number of piperidine rings is 1. The summed E-state index contributed by atoms with van der Waals surface area (Å²) in [4.78, 5) is 21.4. The minimum absolute atomic E-state index is 0.142. The molecular formula is C21H33N5O. The summed E-state index contributed by atoms with van der Waals surface area (Å²) in [6.07, 6.45) is 5.94. The third-order valence-corrected chi connectivity index (χ3v) is 5.70. The molecular weight excluding hydrogens is 338 g/mol. The molecule has 0 saturated carbocycles. The van der Waals surface area contributed by atoms with Gasteiger partial charge in [-0.15, -0.1) is 0 Å². The topological polar surface area (TPSA) is 74.0 Å². The Morgan fingerprint density at radius 3 is 2.59 bits per heavy atom. The van der Waals surface area contributed by atoms with E-state index in [9.17, 15) is 4.79 Å². The molecule has 6 heteroatoms. The zero-order valence-electron chi connectivity index (χ0n) is 16.5. The monoisotopic (exact) mass is 371 g/mol. The van der Waals surface area contributed by atoms with Gasteiger partial charge in [0.25, 0.3) is 5.91 Å². The molecule has 6 nitrogen and oxygen atoms in total. The smallest absolute Gasteiger partial charge is 0.253 e. The largest absolute Gasteiger partial charge is 0.370 e. The fourth-order valence-electron chi connectivity index (χ4n) is 4.03. The molecule has 1 atom stereocenters. The Bertz CT molecular complexity index is 636. The van der Waals surface area contributed by atoms with Crippen molar-refractivity contribution in [2.75, 3.05) is 32.7 Å². The number of amides is 1. The van der Waals surface area contributed by atoms with Crippen molar-refractivity contribution in [2.24, 2.45) is 10.7 Å². The molecule has 1 aromatic rings. The summed E-state index contributed by atoms with van der Waals surface area (Å²) in [7, 11) is 0. The van der Waals surface area contributed by atoms with Crippen LogP contribution >= 0.6 is 0 Å². The number of aliphatic imine (C=N–C) groups is 1. The van der Waals surface area contributed by atoms with E-state index in [0.717, 1.165) is 50.1 Å². The van der Waals surface area contributed by atoms with Crippen LogP contribution in [0.15, 0.2) is 29.3 Å². The molecule has 3 N–H and O–H groups in total. The Labute approximate surface area is 162 Å². The molecule has 1 aromatic carbocycles. The highest BCUT2D eigenvalue weighted by atomic mass is 16.2. The highest BCUT2D eigenvalue weighted by molar-refractivity contribution is 5.94. The summed E-state index contributed by atoms with van der Waals surface area (Å²) >= 11 is 0. The summed E-state index contributed by atoms with van der Waals surface area (Å²) in [5.74, 6) is 0.634. The van der Waals surface area contributed by atoms with Crippen LogP contribution in [-0.2, 0) is 6.54 Å². The highest BCUT2D eigenvalue weighted by Crippen LogP contribution is 2.16. The van der Waals surface area contributed by atoms with Gasteiger partial charge in [-0.1, -0.05) is 19.1 Å². The molecule has 2 heterocycles. The molecule has 2 aliphatic rings. The highest BCUT2D eigenvalue weighted by Gasteiger charge is 2.22. The molecule has 0 spiro atoms. The number of rotatable bonds is 6. The molecule has 1 amide bonds. The second-order valence-corrected chi connectivity index (χ2v) is 7.56. The number of carbonyl (C=O) groups excluding carboxylic acids is 1. The van der Waals surface area contributed by atoms with Crippen LogP contribution in [0.2, 0.25) is 0 Å². The normalized spacial score (nSPS) is 21.4. The molecule has 1 unspecified atom stereocenters. The lowest BCUT2D eigenvalue weighted by atomic mass is 10.1. The van der Waals surface area contributed by atoms with E-state index in [-0.39, 0.29) is 5.91 Å². The van der Waals surface area contributed by atoms with Gasteiger partial charge in [-0.25, -0.2) is 4.99 Å². The molecule has 0 aromatic heterocycles. The number of nitrogens with two attached hydrogens (primary N) is 1. The van der Waals surface area contributed by atoms with Crippen molar-refractivity contribution in [3.05, 3.63) is 35.4 Å². The molecule has 0 bridgehead atoms. The van der Waals surface area contributed by atoms with Crippen molar-refractivity contribution in [1.29, 1.82) is 0 Å². The number of guanidine groups is 1. The quantitative estimate of drug-likeness (QED) is 0.594.